The second-order valence-corrected chi connectivity index (χ2v) is 12.9. The minimum atomic E-state index is -3.90. The Morgan fingerprint density at radius 1 is 1.02 bits per heavy atom. The topological polar surface area (TPSA) is 106 Å². The van der Waals surface area contributed by atoms with Crippen LogP contribution in [0.5, 0.6) is 0 Å². The van der Waals surface area contributed by atoms with Crippen LogP contribution in [0.25, 0.3) is 11.6 Å². The number of piperazine rings is 1. The number of amides is 2. The number of nitrogens with one attached hydrogen (secondary N) is 2. The molecule has 1 saturated heterocycles. The molecule has 2 N–H and O–H groups in total. The smallest absolute Gasteiger partial charge is 0.264 e. The third-order valence-corrected chi connectivity index (χ3v) is 10.1. The normalized spacial score (nSPS) is 18.3. The molecule has 2 aromatic carbocycles. The predicted octanol–water partition coefficient (Wildman–Crippen LogP) is 3.92. The van der Waals surface area contributed by atoms with Gasteiger partial charge in [0.2, 0.25) is 0 Å². The molecule has 9 nitrogen and oxygen atoms in total. The molecule has 0 bridgehead atoms. The molecular formula is C29H30ClN5O4S. The number of anilines is 2. The lowest BCUT2D eigenvalue weighted by molar-refractivity contribution is -0.110. The molecule has 0 aliphatic carbocycles. The number of aromatic nitrogens is 1. The molecule has 11 heteroatoms. The maximum atomic E-state index is 13.7. The maximum absolute atomic E-state index is 13.7. The van der Waals surface area contributed by atoms with Gasteiger partial charge >= 0.3 is 0 Å². The van der Waals surface area contributed by atoms with Gasteiger partial charge in [-0.2, -0.15) is 0 Å². The van der Waals surface area contributed by atoms with E-state index in [-0.39, 0.29) is 16.7 Å². The Kier molecular flexibility index (Phi) is 6.52. The van der Waals surface area contributed by atoms with Crippen molar-refractivity contribution < 1.29 is 18.0 Å². The summed E-state index contributed by atoms with van der Waals surface area (Å²) < 4.78 is 28.8. The minimum absolute atomic E-state index is 0.0281. The van der Waals surface area contributed by atoms with Crippen molar-refractivity contribution in [2.45, 2.75) is 25.2 Å². The van der Waals surface area contributed by atoms with Crippen molar-refractivity contribution in [3.05, 3.63) is 75.1 Å². The van der Waals surface area contributed by atoms with Gasteiger partial charge in [-0.25, -0.2) is 8.42 Å². The average Bonchev–Trinajstić information content (AvgIpc) is 3.57. The van der Waals surface area contributed by atoms with Crippen molar-refractivity contribution in [3.8, 4) is 0 Å². The zero-order chi connectivity index (χ0) is 28.3. The molecule has 3 aliphatic rings. The van der Waals surface area contributed by atoms with Crippen LogP contribution in [-0.4, -0.2) is 74.8 Å². The van der Waals surface area contributed by atoms with Gasteiger partial charge in [0, 0.05) is 60.4 Å². The van der Waals surface area contributed by atoms with E-state index < -0.39 is 10.0 Å². The first-order chi connectivity index (χ1) is 19.0. The monoisotopic (exact) mass is 579 g/mol. The second-order valence-electron chi connectivity index (χ2n) is 10.6. The Balaban J connectivity index is 1.35. The van der Waals surface area contributed by atoms with E-state index in [0.717, 1.165) is 29.9 Å². The van der Waals surface area contributed by atoms with Gasteiger partial charge < -0.3 is 20.1 Å². The summed E-state index contributed by atoms with van der Waals surface area (Å²) in [6.45, 7) is 7.01. The number of rotatable bonds is 4. The van der Waals surface area contributed by atoms with E-state index in [1.807, 2.05) is 31.9 Å². The van der Waals surface area contributed by atoms with Gasteiger partial charge in [-0.3, -0.25) is 13.9 Å². The molecule has 3 aliphatic heterocycles. The van der Waals surface area contributed by atoms with Crippen LogP contribution in [0.1, 0.15) is 38.4 Å². The largest absolute Gasteiger partial charge is 0.358 e. The van der Waals surface area contributed by atoms with Gasteiger partial charge in [0.05, 0.1) is 21.7 Å². The molecule has 1 aromatic heterocycles. The number of nitrogens with zero attached hydrogens (tertiary/aromatic N) is 3. The number of sulfonamides is 1. The average molecular weight is 580 g/mol. The molecule has 0 saturated carbocycles. The predicted molar refractivity (Wildman–Crippen MR) is 156 cm³/mol. The molecule has 6 rings (SSSR count). The highest BCUT2D eigenvalue weighted by molar-refractivity contribution is 7.92. The Morgan fingerprint density at radius 3 is 2.52 bits per heavy atom. The minimum Gasteiger partial charge on any atom is -0.358 e. The molecule has 0 spiro atoms. The summed E-state index contributed by atoms with van der Waals surface area (Å²) in [5.74, 6) is -0.360. The van der Waals surface area contributed by atoms with Crippen molar-refractivity contribution in [2.24, 2.45) is 0 Å². The summed E-state index contributed by atoms with van der Waals surface area (Å²) in [6.07, 6.45) is 2.30. The number of halogens is 1. The van der Waals surface area contributed by atoms with Crippen molar-refractivity contribution in [1.82, 2.24) is 14.8 Å². The van der Waals surface area contributed by atoms with Crippen molar-refractivity contribution in [1.29, 1.82) is 0 Å². The number of hydrogen-bond acceptors (Lipinski definition) is 5. The molecule has 208 valence electrons. The molecular weight excluding hydrogens is 550 g/mol. The van der Waals surface area contributed by atoms with Gasteiger partial charge in [-0.05, 0) is 74.9 Å². The van der Waals surface area contributed by atoms with Gasteiger partial charge in [0.25, 0.3) is 21.8 Å². The summed E-state index contributed by atoms with van der Waals surface area (Å²) in [5.41, 5.74) is 5.60. The molecule has 40 heavy (non-hydrogen) atoms. The summed E-state index contributed by atoms with van der Waals surface area (Å²) in [4.78, 5) is 33.8. The Labute approximate surface area is 238 Å². The molecule has 1 fully saturated rings. The number of H-pyrrole nitrogens is 1. The van der Waals surface area contributed by atoms with Crippen LogP contribution in [0.4, 0.5) is 11.4 Å². The summed E-state index contributed by atoms with van der Waals surface area (Å²) in [6, 6.07) is 9.94. The number of benzene rings is 2. The lowest BCUT2D eigenvalue weighted by Crippen LogP contribution is -2.47. The molecule has 0 atom stereocenters. The van der Waals surface area contributed by atoms with Crippen LogP contribution in [0, 0.1) is 13.8 Å². The zero-order valence-electron chi connectivity index (χ0n) is 22.5. The van der Waals surface area contributed by atoms with Crippen LogP contribution in [0.2, 0.25) is 5.02 Å². The third-order valence-electron chi connectivity index (χ3n) is 8.03. The quantitative estimate of drug-likeness (QED) is 0.456. The lowest BCUT2D eigenvalue weighted by atomic mass is 10.0. The standard InChI is InChI=1S/C29H30ClN5O4S/c1-17-25(31-18(2)27(17)29(37)34-12-10-33(3)11-13-34)16-23-22-15-21(6-7-24(22)32-28(23)36)40(38,39)35-9-8-19-4-5-20(30)14-26(19)35/h4-7,14-16,31H,8-13H2,1-3H3,(H,32,36)/b23-16-. The Bertz CT molecular complexity index is 1700. The highest BCUT2D eigenvalue weighted by Gasteiger charge is 2.34. The van der Waals surface area contributed by atoms with E-state index in [2.05, 4.69) is 15.2 Å². The number of aromatic amines is 1. The number of carbonyl (C=O) groups excluding carboxylic acids is 2. The number of carbonyl (C=O) groups is 2. The summed E-state index contributed by atoms with van der Waals surface area (Å²) in [7, 11) is -1.85. The van der Waals surface area contributed by atoms with Crippen LogP contribution < -0.4 is 9.62 Å². The van der Waals surface area contributed by atoms with E-state index in [9.17, 15) is 18.0 Å². The van der Waals surface area contributed by atoms with Crippen molar-refractivity contribution in [2.75, 3.05) is 49.4 Å². The molecule has 0 unspecified atom stereocenters. The third kappa shape index (κ3) is 4.40. The van der Waals surface area contributed by atoms with Crippen molar-refractivity contribution in [3.63, 3.8) is 0 Å². The van der Waals surface area contributed by atoms with E-state index in [1.165, 1.54) is 10.4 Å². The van der Waals surface area contributed by atoms with Gasteiger partial charge in [0.1, 0.15) is 0 Å². The maximum Gasteiger partial charge on any atom is 0.264 e. The number of aryl methyl sites for hydroxylation is 1. The summed E-state index contributed by atoms with van der Waals surface area (Å²) >= 11 is 6.17. The molecule has 0 radical (unpaired) electrons. The van der Waals surface area contributed by atoms with Crippen LogP contribution in [-0.2, 0) is 21.2 Å². The highest BCUT2D eigenvalue weighted by atomic mass is 35.5. The fourth-order valence-corrected chi connectivity index (χ4v) is 7.41. The number of likely N-dealkylation sites (N-methyl/N-ethyl adjacent to an activating group) is 1. The van der Waals surface area contributed by atoms with Crippen LogP contribution in [0.15, 0.2) is 41.3 Å². The summed E-state index contributed by atoms with van der Waals surface area (Å²) in [5, 5.41) is 3.30. The van der Waals surface area contributed by atoms with Crippen LogP contribution >= 0.6 is 11.6 Å². The number of fused-ring (bicyclic) bond motifs is 2. The van der Waals surface area contributed by atoms with E-state index in [1.54, 1.807) is 30.3 Å². The Morgan fingerprint density at radius 2 is 1.77 bits per heavy atom. The second kappa shape index (κ2) is 9.79. The lowest BCUT2D eigenvalue weighted by Gasteiger charge is -2.32. The molecule has 3 aromatic rings. The first kappa shape index (κ1) is 26.6. The highest BCUT2D eigenvalue weighted by Crippen LogP contribution is 2.39. The first-order valence-electron chi connectivity index (χ1n) is 13.2. The van der Waals surface area contributed by atoms with Crippen LogP contribution in [0.3, 0.4) is 0 Å². The van der Waals surface area contributed by atoms with E-state index in [0.29, 0.717) is 64.8 Å². The van der Waals surface area contributed by atoms with Crippen molar-refractivity contribution >= 4 is 56.5 Å². The molecule has 2 amide bonds. The SMILES string of the molecule is Cc1[nH]c(/C=C2\C(=O)Nc3ccc(S(=O)(=O)N4CCc5ccc(Cl)cc54)cc32)c(C)c1C(=O)N1CCN(C)CC1. The fraction of sp³-hybridized carbons (Fsp3) is 0.310. The van der Waals surface area contributed by atoms with Gasteiger partial charge in [-0.15, -0.1) is 0 Å². The number of hydrogen-bond donors (Lipinski definition) is 2. The first-order valence-corrected chi connectivity index (χ1v) is 15.0. The van der Waals surface area contributed by atoms with Gasteiger partial charge in [-0.1, -0.05) is 17.7 Å². The van der Waals surface area contributed by atoms with E-state index in [4.69, 9.17) is 11.6 Å². The van der Waals surface area contributed by atoms with Gasteiger partial charge in [0.15, 0.2) is 0 Å². The van der Waals surface area contributed by atoms with E-state index >= 15 is 0 Å². The zero-order valence-corrected chi connectivity index (χ0v) is 24.1. The molecule has 4 heterocycles. The fourth-order valence-electron chi connectivity index (χ4n) is 5.72. The Hall–Kier alpha value is -3.60.